The molecule has 0 amide bonds. The second-order valence-electron chi connectivity index (χ2n) is 6.06. The second kappa shape index (κ2) is 6.04. The molecule has 1 aliphatic heterocycles. The molecular weight excluding hydrogens is 394 g/mol. The highest BCUT2D eigenvalue weighted by atomic mass is 79.9. The minimum Gasteiger partial charge on any atom is -0.438 e. The summed E-state index contributed by atoms with van der Waals surface area (Å²) in [5.41, 5.74) is 8.60. The molecule has 0 spiro atoms. The minimum atomic E-state index is -0.479. The molecule has 128 valence electrons. The first-order valence-electron chi connectivity index (χ1n) is 8.00. The van der Waals surface area contributed by atoms with Crippen LogP contribution in [0.2, 0.25) is 0 Å². The second-order valence-corrected chi connectivity index (χ2v) is 6.98. The molecule has 0 unspecified atom stereocenters. The van der Waals surface area contributed by atoms with Gasteiger partial charge in [0.05, 0.1) is 17.1 Å². The number of halogens is 1. The molecule has 1 aliphatic rings. The number of ether oxygens (including phenoxy) is 1. The Hall–Kier alpha value is -3.04. The van der Waals surface area contributed by atoms with E-state index in [4.69, 9.17) is 10.5 Å². The molecule has 0 saturated carbocycles. The first-order valence-corrected chi connectivity index (χ1v) is 8.79. The Balaban J connectivity index is 2.11. The smallest absolute Gasteiger partial charge is 0.228 e. The lowest BCUT2D eigenvalue weighted by molar-refractivity contribution is 0.0937. The molecule has 0 saturated heterocycles. The molecule has 0 bridgehead atoms. The van der Waals surface area contributed by atoms with Gasteiger partial charge in [-0.1, -0.05) is 40.2 Å². The van der Waals surface area contributed by atoms with Gasteiger partial charge < -0.3 is 10.5 Å². The number of aromatic nitrogens is 1. The minimum absolute atomic E-state index is 0.0689. The highest BCUT2D eigenvalue weighted by Gasteiger charge is 2.36. The average molecular weight is 408 g/mol. The molecule has 2 N–H and O–H groups in total. The molecule has 0 fully saturated rings. The summed E-state index contributed by atoms with van der Waals surface area (Å²) < 4.78 is 8.35. The van der Waals surface area contributed by atoms with Crippen LogP contribution in [0.5, 0.6) is 5.75 Å². The van der Waals surface area contributed by atoms with Crippen LogP contribution in [0.4, 0.5) is 0 Å². The maximum atomic E-state index is 12.5. The summed E-state index contributed by atoms with van der Waals surface area (Å²) in [5.74, 6) is -0.0290. The Morgan fingerprint density at radius 1 is 1.23 bits per heavy atom. The van der Waals surface area contributed by atoms with E-state index in [1.807, 2.05) is 48.5 Å². The zero-order valence-corrected chi connectivity index (χ0v) is 15.4. The van der Waals surface area contributed by atoms with E-state index in [0.29, 0.717) is 17.0 Å². The first-order chi connectivity index (χ1) is 12.5. The number of benzene rings is 2. The molecule has 2 heterocycles. The number of allylic oxidation sites excluding steroid dienone is 1. The monoisotopic (exact) mass is 407 g/mol. The molecule has 26 heavy (non-hydrogen) atoms. The van der Waals surface area contributed by atoms with Crippen LogP contribution in [-0.2, 0) is 0 Å². The number of carbonyl (C=O) groups is 1. The summed E-state index contributed by atoms with van der Waals surface area (Å²) in [7, 11) is 0. The van der Waals surface area contributed by atoms with Gasteiger partial charge in [-0.05, 0) is 29.8 Å². The van der Waals surface area contributed by atoms with Crippen LogP contribution >= 0.6 is 15.9 Å². The maximum absolute atomic E-state index is 12.5. The first kappa shape index (κ1) is 16.4. The van der Waals surface area contributed by atoms with Crippen molar-refractivity contribution in [1.29, 1.82) is 5.26 Å². The number of nitrogens with zero attached hydrogens (tertiary/aromatic N) is 2. The number of carbonyl (C=O) groups excluding carboxylic acids is 1. The Kier molecular flexibility index (Phi) is 3.82. The van der Waals surface area contributed by atoms with Crippen LogP contribution in [-0.4, -0.2) is 10.5 Å². The number of rotatable bonds is 1. The topological polar surface area (TPSA) is 81.0 Å². The molecule has 5 nitrogen and oxygen atoms in total. The Morgan fingerprint density at radius 2 is 1.92 bits per heavy atom. The third-order valence-electron chi connectivity index (χ3n) is 4.54. The maximum Gasteiger partial charge on any atom is 0.228 e. The largest absolute Gasteiger partial charge is 0.438 e. The number of para-hydroxylation sites is 1. The molecule has 0 aliphatic carbocycles. The van der Waals surface area contributed by atoms with E-state index in [1.165, 1.54) is 6.92 Å². The van der Waals surface area contributed by atoms with E-state index < -0.39 is 5.92 Å². The Bertz CT molecular complexity index is 1120. The lowest BCUT2D eigenvalue weighted by Crippen LogP contribution is -2.24. The van der Waals surface area contributed by atoms with Crippen molar-refractivity contribution in [3.8, 4) is 11.8 Å². The Morgan fingerprint density at radius 3 is 2.58 bits per heavy atom. The van der Waals surface area contributed by atoms with Gasteiger partial charge >= 0.3 is 0 Å². The van der Waals surface area contributed by atoms with Crippen LogP contribution in [0.15, 0.2) is 64.5 Å². The van der Waals surface area contributed by atoms with Crippen LogP contribution in [0, 0.1) is 11.3 Å². The average Bonchev–Trinajstić information content (AvgIpc) is 2.95. The van der Waals surface area contributed by atoms with E-state index in [0.717, 1.165) is 20.9 Å². The number of hydrogen-bond donors (Lipinski definition) is 1. The van der Waals surface area contributed by atoms with Crippen molar-refractivity contribution >= 4 is 32.7 Å². The van der Waals surface area contributed by atoms with Gasteiger partial charge in [-0.2, -0.15) is 5.26 Å². The lowest BCUT2D eigenvalue weighted by Gasteiger charge is -2.25. The van der Waals surface area contributed by atoms with Crippen molar-refractivity contribution in [2.24, 2.45) is 5.73 Å². The predicted octanol–water partition coefficient (Wildman–Crippen LogP) is 4.28. The van der Waals surface area contributed by atoms with Crippen LogP contribution < -0.4 is 10.5 Å². The standard InChI is InChI=1S/C20H14BrN3O2/c1-11(25)24-16-5-3-2-4-14(16)19-18(24)17(15(10-22)20(23)26-19)12-6-8-13(21)9-7-12/h2-9,17H,23H2,1H3/t17-/m1/s1. The fraction of sp³-hybridized carbons (Fsp3) is 0.100. The quantitative estimate of drug-likeness (QED) is 0.652. The highest BCUT2D eigenvalue weighted by molar-refractivity contribution is 9.10. The summed E-state index contributed by atoms with van der Waals surface area (Å²) in [4.78, 5) is 12.5. The van der Waals surface area contributed by atoms with Crippen molar-refractivity contribution in [1.82, 2.24) is 4.57 Å². The molecule has 0 radical (unpaired) electrons. The van der Waals surface area contributed by atoms with Gasteiger partial charge in [0.1, 0.15) is 11.6 Å². The van der Waals surface area contributed by atoms with E-state index in [9.17, 15) is 10.1 Å². The molecule has 4 rings (SSSR count). The van der Waals surface area contributed by atoms with Gasteiger partial charge in [-0.3, -0.25) is 9.36 Å². The Labute approximate surface area is 158 Å². The van der Waals surface area contributed by atoms with Crippen LogP contribution in [0.3, 0.4) is 0 Å². The third-order valence-corrected chi connectivity index (χ3v) is 5.07. The number of nitrogens with two attached hydrogens (primary N) is 1. The van der Waals surface area contributed by atoms with Crippen molar-refractivity contribution < 1.29 is 9.53 Å². The fourth-order valence-corrected chi connectivity index (χ4v) is 3.74. The molecule has 3 aromatic rings. The van der Waals surface area contributed by atoms with Gasteiger partial charge in [0, 0.05) is 16.8 Å². The van der Waals surface area contributed by atoms with Crippen LogP contribution in [0.25, 0.3) is 10.9 Å². The van der Waals surface area contributed by atoms with E-state index >= 15 is 0 Å². The van der Waals surface area contributed by atoms with E-state index in [2.05, 4.69) is 22.0 Å². The van der Waals surface area contributed by atoms with E-state index in [1.54, 1.807) is 4.57 Å². The van der Waals surface area contributed by atoms with Crippen LogP contribution in [0.1, 0.15) is 28.9 Å². The zero-order valence-electron chi connectivity index (χ0n) is 13.9. The van der Waals surface area contributed by atoms with Crippen molar-refractivity contribution in [2.75, 3.05) is 0 Å². The lowest BCUT2D eigenvalue weighted by atomic mass is 9.87. The number of hydrogen-bond acceptors (Lipinski definition) is 4. The van der Waals surface area contributed by atoms with Gasteiger partial charge in [0.2, 0.25) is 11.8 Å². The third kappa shape index (κ3) is 2.32. The fourth-order valence-electron chi connectivity index (χ4n) is 3.48. The van der Waals surface area contributed by atoms with Crippen molar-refractivity contribution in [2.45, 2.75) is 12.8 Å². The molecular formula is C20H14BrN3O2. The molecule has 1 atom stereocenters. The van der Waals surface area contributed by atoms with Gasteiger partial charge in [-0.15, -0.1) is 0 Å². The molecule has 1 aromatic heterocycles. The van der Waals surface area contributed by atoms with Gasteiger partial charge in [0.15, 0.2) is 5.75 Å². The van der Waals surface area contributed by atoms with Gasteiger partial charge in [0.25, 0.3) is 0 Å². The molecule has 2 aromatic carbocycles. The summed E-state index contributed by atoms with van der Waals surface area (Å²) in [5, 5.41) is 10.5. The van der Waals surface area contributed by atoms with E-state index in [-0.39, 0.29) is 11.8 Å². The highest BCUT2D eigenvalue weighted by Crippen LogP contribution is 2.47. The SMILES string of the molecule is CC(=O)n1c2c(c3ccccc31)OC(N)=C(C#N)[C@H]2c1ccc(Br)cc1. The molecule has 6 heteroatoms. The number of fused-ring (bicyclic) bond motifs is 3. The van der Waals surface area contributed by atoms with Crippen molar-refractivity contribution in [3.63, 3.8) is 0 Å². The summed E-state index contributed by atoms with van der Waals surface area (Å²) in [6.45, 7) is 1.50. The van der Waals surface area contributed by atoms with Gasteiger partial charge in [-0.25, -0.2) is 0 Å². The summed E-state index contributed by atoms with van der Waals surface area (Å²) in [6.07, 6.45) is 0. The predicted molar refractivity (Wildman–Crippen MR) is 102 cm³/mol. The summed E-state index contributed by atoms with van der Waals surface area (Å²) in [6, 6.07) is 17.3. The number of nitriles is 1. The normalized spacial score (nSPS) is 16.1. The zero-order chi connectivity index (χ0) is 18.4. The summed E-state index contributed by atoms with van der Waals surface area (Å²) >= 11 is 3.43. The van der Waals surface area contributed by atoms with Crippen molar-refractivity contribution in [3.05, 3.63) is 75.7 Å².